The molecule has 0 aliphatic heterocycles. The van der Waals surface area contributed by atoms with Gasteiger partial charge in [0.1, 0.15) is 0 Å². The van der Waals surface area contributed by atoms with Crippen LogP contribution in [-0.4, -0.2) is 0 Å². The molecule has 0 nitrogen and oxygen atoms in total. The molecule has 0 radical (unpaired) electrons. The van der Waals surface area contributed by atoms with E-state index in [0.717, 1.165) is 0 Å². The van der Waals surface area contributed by atoms with E-state index in [0.29, 0.717) is 0 Å². The fourth-order valence-electron chi connectivity index (χ4n) is 2.55. The average Bonchev–Trinajstić information content (AvgIpc) is 3.18. The minimum Gasteiger partial charge on any atom is -0.0616 e. The zero-order valence-electron chi connectivity index (χ0n) is 11.9. The lowest BCUT2D eigenvalue weighted by molar-refractivity contribution is 1.48. The summed E-state index contributed by atoms with van der Waals surface area (Å²) >= 11 is 0. The van der Waals surface area contributed by atoms with Crippen LogP contribution in [0, 0.1) is 0 Å². The van der Waals surface area contributed by atoms with Crippen LogP contribution < -0.4 is 0 Å². The van der Waals surface area contributed by atoms with Crippen LogP contribution in [0.15, 0.2) is 84.0 Å². The van der Waals surface area contributed by atoms with Crippen LogP contribution in [0.1, 0.15) is 25.0 Å². The van der Waals surface area contributed by atoms with Gasteiger partial charge in [-0.15, -0.1) is 0 Å². The molecule has 0 saturated heterocycles. The first kappa shape index (κ1) is 12.7. The summed E-state index contributed by atoms with van der Waals surface area (Å²) in [4.78, 5) is 0. The largest absolute Gasteiger partial charge is 0.0616 e. The van der Waals surface area contributed by atoms with E-state index >= 15 is 0 Å². The van der Waals surface area contributed by atoms with Crippen LogP contribution in [-0.2, 0) is 0 Å². The summed E-state index contributed by atoms with van der Waals surface area (Å²) in [5, 5.41) is 0. The van der Waals surface area contributed by atoms with E-state index in [1.807, 2.05) is 0 Å². The van der Waals surface area contributed by atoms with Crippen molar-refractivity contribution in [2.24, 2.45) is 0 Å². The van der Waals surface area contributed by atoms with E-state index in [2.05, 4.69) is 86.7 Å². The minimum atomic E-state index is 1.29. The molecule has 0 fully saturated rings. The topological polar surface area (TPSA) is 0 Å². The quantitative estimate of drug-likeness (QED) is 0.658. The van der Waals surface area contributed by atoms with Crippen molar-refractivity contribution < 1.29 is 0 Å². The van der Waals surface area contributed by atoms with Gasteiger partial charge in [0.2, 0.25) is 0 Å². The molecule has 3 rings (SSSR count). The fraction of sp³-hybridized carbons (Fsp3) is 0.100. The normalized spacial score (nSPS) is 15.5. The average molecular weight is 258 g/mol. The molecule has 0 N–H and O–H groups in total. The molecule has 0 heterocycles. The van der Waals surface area contributed by atoms with Crippen molar-refractivity contribution in [3.63, 3.8) is 0 Å². The molecule has 2 aliphatic carbocycles. The molecule has 0 bridgehead atoms. The maximum Gasteiger partial charge on any atom is -0.0221 e. The van der Waals surface area contributed by atoms with Gasteiger partial charge in [-0.25, -0.2) is 0 Å². The molecular formula is C20H18. The highest BCUT2D eigenvalue weighted by Crippen LogP contribution is 2.26. The van der Waals surface area contributed by atoms with E-state index in [4.69, 9.17) is 0 Å². The Balaban J connectivity index is 1.93. The minimum absolute atomic E-state index is 1.29. The van der Waals surface area contributed by atoms with Gasteiger partial charge in [0.05, 0.1) is 0 Å². The van der Waals surface area contributed by atoms with Crippen LogP contribution in [0.2, 0.25) is 0 Å². The third-order valence-corrected chi connectivity index (χ3v) is 3.94. The molecule has 0 unspecified atom stereocenters. The molecule has 2 aliphatic rings. The first-order valence-corrected chi connectivity index (χ1v) is 6.98. The predicted octanol–water partition coefficient (Wildman–Crippen LogP) is 5.49. The van der Waals surface area contributed by atoms with Gasteiger partial charge in [-0.3, -0.25) is 0 Å². The fourth-order valence-corrected chi connectivity index (χ4v) is 2.55. The Kier molecular flexibility index (Phi) is 3.39. The van der Waals surface area contributed by atoms with Gasteiger partial charge in [-0.1, -0.05) is 72.9 Å². The molecule has 0 spiro atoms. The van der Waals surface area contributed by atoms with Gasteiger partial charge < -0.3 is 0 Å². The number of hydrogen-bond donors (Lipinski definition) is 0. The third kappa shape index (κ3) is 2.37. The van der Waals surface area contributed by atoms with Crippen molar-refractivity contribution >= 4 is 11.1 Å². The lowest BCUT2D eigenvalue weighted by Gasteiger charge is -2.08. The van der Waals surface area contributed by atoms with Gasteiger partial charge in [0.25, 0.3) is 0 Å². The monoisotopic (exact) mass is 258 g/mol. The van der Waals surface area contributed by atoms with Crippen LogP contribution in [0.25, 0.3) is 11.1 Å². The summed E-state index contributed by atoms with van der Waals surface area (Å²) in [6, 6.07) is 8.85. The molecule has 98 valence electrons. The summed E-state index contributed by atoms with van der Waals surface area (Å²) in [6.07, 6.45) is 17.0. The Morgan fingerprint density at radius 2 is 0.850 bits per heavy atom. The Bertz CT molecular complexity index is 608. The van der Waals surface area contributed by atoms with E-state index in [1.54, 1.807) is 0 Å². The predicted molar refractivity (Wildman–Crippen MR) is 88.2 cm³/mol. The SMILES string of the molecule is CC(=C1C=CC=C1)c1ccc(C(C)=C2C=CC=C2)cc1. The lowest BCUT2D eigenvalue weighted by atomic mass is 9.97. The Hall–Kier alpha value is -2.34. The van der Waals surface area contributed by atoms with Crippen molar-refractivity contribution in [1.82, 2.24) is 0 Å². The molecule has 20 heavy (non-hydrogen) atoms. The van der Waals surface area contributed by atoms with Crippen molar-refractivity contribution in [3.8, 4) is 0 Å². The molecular weight excluding hydrogens is 240 g/mol. The van der Waals surface area contributed by atoms with Crippen molar-refractivity contribution in [2.75, 3.05) is 0 Å². The summed E-state index contributed by atoms with van der Waals surface area (Å²) in [7, 11) is 0. The molecule has 1 aromatic rings. The van der Waals surface area contributed by atoms with Gasteiger partial charge >= 0.3 is 0 Å². The molecule has 0 amide bonds. The van der Waals surface area contributed by atoms with E-state index in [-0.39, 0.29) is 0 Å². The zero-order valence-corrected chi connectivity index (χ0v) is 11.9. The second-order valence-electron chi connectivity index (χ2n) is 5.17. The van der Waals surface area contributed by atoms with E-state index < -0.39 is 0 Å². The highest BCUT2D eigenvalue weighted by molar-refractivity contribution is 5.77. The maximum absolute atomic E-state index is 2.21. The molecule has 0 atom stereocenters. The van der Waals surface area contributed by atoms with Gasteiger partial charge in [-0.05, 0) is 47.3 Å². The standard InChI is InChI=1S/C20H18/c1-15(17-7-3-4-8-17)19-11-13-20(14-12-19)16(2)18-9-5-6-10-18/h3-14H,1-2H3. The third-order valence-electron chi connectivity index (χ3n) is 3.94. The second kappa shape index (κ2) is 5.34. The van der Waals surface area contributed by atoms with Gasteiger partial charge in [0, 0.05) is 0 Å². The van der Waals surface area contributed by atoms with E-state index in [1.165, 1.54) is 33.4 Å². The van der Waals surface area contributed by atoms with Crippen molar-refractivity contribution in [1.29, 1.82) is 0 Å². The van der Waals surface area contributed by atoms with Crippen LogP contribution in [0.4, 0.5) is 0 Å². The van der Waals surface area contributed by atoms with Crippen LogP contribution in [0.5, 0.6) is 0 Å². The highest BCUT2D eigenvalue weighted by atomic mass is 14.1. The molecule has 1 aromatic carbocycles. The number of hydrogen-bond acceptors (Lipinski definition) is 0. The van der Waals surface area contributed by atoms with Gasteiger partial charge in [0.15, 0.2) is 0 Å². The summed E-state index contributed by atoms with van der Waals surface area (Å²) < 4.78 is 0. The first-order valence-electron chi connectivity index (χ1n) is 6.98. The van der Waals surface area contributed by atoms with Crippen molar-refractivity contribution in [2.45, 2.75) is 13.8 Å². The summed E-state index contributed by atoms with van der Waals surface area (Å²) in [5.41, 5.74) is 7.83. The Morgan fingerprint density at radius 1 is 0.550 bits per heavy atom. The lowest BCUT2D eigenvalue weighted by Crippen LogP contribution is -1.87. The van der Waals surface area contributed by atoms with Gasteiger partial charge in [-0.2, -0.15) is 0 Å². The number of benzene rings is 1. The van der Waals surface area contributed by atoms with Crippen LogP contribution >= 0.6 is 0 Å². The van der Waals surface area contributed by atoms with Crippen molar-refractivity contribution in [3.05, 3.63) is 95.1 Å². The summed E-state index contributed by atoms with van der Waals surface area (Å²) in [5.74, 6) is 0. The number of rotatable bonds is 2. The smallest absolute Gasteiger partial charge is 0.0221 e. The molecule has 0 saturated carbocycles. The van der Waals surface area contributed by atoms with Crippen LogP contribution in [0.3, 0.4) is 0 Å². The molecule has 0 heteroatoms. The highest BCUT2D eigenvalue weighted by Gasteiger charge is 2.05. The second-order valence-corrected chi connectivity index (χ2v) is 5.17. The van der Waals surface area contributed by atoms with E-state index in [9.17, 15) is 0 Å². The zero-order chi connectivity index (χ0) is 13.9. The molecule has 0 aromatic heterocycles. The maximum atomic E-state index is 2.21. The first-order chi connectivity index (χ1) is 9.75. The number of allylic oxidation sites excluding steroid dienone is 12. The Morgan fingerprint density at radius 3 is 1.15 bits per heavy atom. The Labute approximate surface area is 120 Å². The summed E-state index contributed by atoms with van der Waals surface area (Å²) in [6.45, 7) is 4.36.